The topological polar surface area (TPSA) is 0 Å². The molecule has 0 aromatic rings. The summed E-state index contributed by atoms with van der Waals surface area (Å²) < 4.78 is 2.38. The normalized spacial score (nSPS) is 21.0. The maximum atomic E-state index is 2.61. The molecule has 0 heterocycles. The van der Waals surface area contributed by atoms with Crippen LogP contribution in [0.4, 0.5) is 0 Å². The number of quaternary nitrogens is 1. The zero-order chi connectivity index (χ0) is 16.5. The first-order valence-corrected chi connectivity index (χ1v) is 10.2. The third-order valence-corrected chi connectivity index (χ3v) is 7.19. The highest BCUT2D eigenvalue weighted by atomic mass is 127. The molecule has 0 bridgehead atoms. The summed E-state index contributed by atoms with van der Waals surface area (Å²) in [6, 6.07) is 0. The van der Waals surface area contributed by atoms with Gasteiger partial charge < -0.3 is 0 Å². The molecular formula is C19H37IN+. The van der Waals surface area contributed by atoms with Crippen molar-refractivity contribution < 1.29 is 4.48 Å². The molecule has 1 aliphatic carbocycles. The zero-order valence-electron chi connectivity index (χ0n) is 15.6. The van der Waals surface area contributed by atoms with Crippen molar-refractivity contribution in [2.75, 3.05) is 25.1 Å². The van der Waals surface area contributed by atoms with E-state index in [0.717, 1.165) is 10.4 Å². The Morgan fingerprint density at radius 1 is 1.14 bits per heavy atom. The fourth-order valence-electron chi connectivity index (χ4n) is 3.63. The Bertz CT molecular complexity index is 383. The van der Waals surface area contributed by atoms with Gasteiger partial charge in [0.25, 0.3) is 0 Å². The van der Waals surface area contributed by atoms with Gasteiger partial charge in [0.2, 0.25) is 0 Å². The number of nitrogens with zero attached hydrogens (tertiary/aromatic N) is 1. The van der Waals surface area contributed by atoms with E-state index in [9.17, 15) is 0 Å². The molecule has 1 nitrogen and oxygen atoms in total. The maximum Gasteiger partial charge on any atom is 0.108 e. The van der Waals surface area contributed by atoms with E-state index >= 15 is 0 Å². The van der Waals surface area contributed by atoms with Crippen molar-refractivity contribution in [3.05, 3.63) is 11.3 Å². The smallest absolute Gasteiger partial charge is 0.108 e. The first-order valence-electron chi connectivity index (χ1n) is 8.66. The predicted octanol–water partition coefficient (Wildman–Crippen LogP) is 6.03. The number of hydrogen-bond acceptors (Lipinski definition) is 0. The van der Waals surface area contributed by atoms with Crippen molar-refractivity contribution in [2.45, 2.75) is 67.2 Å². The Labute approximate surface area is 147 Å². The molecule has 1 unspecified atom stereocenters. The molecule has 1 saturated carbocycles. The summed E-state index contributed by atoms with van der Waals surface area (Å²) in [6.07, 6.45) is 5.26. The maximum absolute atomic E-state index is 2.61. The lowest BCUT2D eigenvalue weighted by Crippen LogP contribution is -2.45. The van der Waals surface area contributed by atoms with Crippen LogP contribution in [-0.4, -0.2) is 29.6 Å². The van der Waals surface area contributed by atoms with E-state index in [2.05, 4.69) is 78.2 Å². The minimum absolute atomic E-state index is 0.390. The van der Waals surface area contributed by atoms with Gasteiger partial charge >= 0.3 is 0 Å². The van der Waals surface area contributed by atoms with Crippen LogP contribution in [0.5, 0.6) is 0 Å². The molecule has 124 valence electrons. The average molecular weight is 406 g/mol. The van der Waals surface area contributed by atoms with E-state index in [1.807, 2.05) is 0 Å². The molecule has 0 radical (unpaired) electrons. The quantitative estimate of drug-likeness (QED) is 0.275. The van der Waals surface area contributed by atoms with Crippen molar-refractivity contribution >= 4 is 22.6 Å². The summed E-state index contributed by atoms with van der Waals surface area (Å²) in [6.45, 7) is 15.5. The standard InChI is InChI=1S/C19H37IN/c1-9-16(19(14-20)11-12-19)17(10-2)21(7,8)13-15(3)18(4,5)6/h15H,9-14H2,1-8H3/q+1/b17-16-. The fraction of sp³-hybridized carbons (Fsp3) is 0.895. The Morgan fingerprint density at radius 2 is 1.67 bits per heavy atom. The average Bonchev–Trinajstić information content (AvgIpc) is 3.14. The molecule has 1 aliphatic rings. The predicted molar refractivity (Wildman–Crippen MR) is 104 cm³/mol. The molecular weight excluding hydrogens is 369 g/mol. The van der Waals surface area contributed by atoms with Gasteiger partial charge in [-0.05, 0) is 30.3 Å². The number of allylic oxidation sites excluding steroid dienone is 2. The molecule has 0 aliphatic heterocycles. The van der Waals surface area contributed by atoms with Crippen molar-refractivity contribution in [1.82, 2.24) is 0 Å². The van der Waals surface area contributed by atoms with Crippen LogP contribution in [0.15, 0.2) is 11.3 Å². The summed E-state index contributed by atoms with van der Waals surface area (Å²) in [4.78, 5) is 0. The molecule has 2 heteroatoms. The molecule has 0 aromatic carbocycles. The molecule has 0 saturated heterocycles. The lowest BCUT2D eigenvalue weighted by atomic mass is 9.81. The summed E-state index contributed by atoms with van der Waals surface area (Å²) in [7, 11) is 4.86. The Morgan fingerprint density at radius 3 is 1.95 bits per heavy atom. The Balaban J connectivity index is 3.11. The second-order valence-corrected chi connectivity index (χ2v) is 9.44. The van der Waals surface area contributed by atoms with Gasteiger partial charge in [-0.1, -0.05) is 64.1 Å². The molecule has 0 aromatic heterocycles. The van der Waals surface area contributed by atoms with E-state index in [4.69, 9.17) is 0 Å². The first kappa shape index (κ1) is 19.5. The Kier molecular flexibility index (Phi) is 6.40. The monoisotopic (exact) mass is 406 g/mol. The number of halogens is 1. The third-order valence-electron chi connectivity index (χ3n) is 5.73. The van der Waals surface area contributed by atoms with E-state index < -0.39 is 0 Å². The largest absolute Gasteiger partial charge is 0.299 e. The van der Waals surface area contributed by atoms with Crippen LogP contribution in [0.1, 0.15) is 67.2 Å². The minimum atomic E-state index is 0.390. The van der Waals surface area contributed by atoms with E-state index in [-0.39, 0.29) is 0 Å². The summed E-state index contributed by atoms with van der Waals surface area (Å²) in [5, 5.41) is 0. The molecule has 0 amide bonds. The van der Waals surface area contributed by atoms with Gasteiger partial charge in [-0.25, -0.2) is 0 Å². The van der Waals surface area contributed by atoms with Crippen LogP contribution in [-0.2, 0) is 0 Å². The highest BCUT2D eigenvalue weighted by molar-refractivity contribution is 14.1. The van der Waals surface area contributed by atoms with E-state index in [0.29, 0.717) is 10.8 Å². The molecule has 1 fully saturated rings. The lowest BCUT2D eigenvalue weighted by molar-refractivity contribution is -0.858. The minimum Gasteiger partial charge on any atom is -0.299 e. The van der Waals surface area contributed by atoms with Crippen LogP contribution >= 0.6 is 22.6 Å². The molecule has 0 spiro atoms. The van der Waals surface area contributed by atoms with Crippen LogP contribution in [0.3, 0.4) is 0 Å². The second-order valence-electron chi connectivity index (χ2n) is 8.68. The van der Waals surface area contributed by atoms with Gasteiger partial charge in [-0.2, -0.15) is 0 Å². The molecule has 1 rings (SSSR count). The first-order chi connectivity index (χ1) is 9.54. The van der Waals surface area contributed by atoms with Crippen molar-refractivity contribution in [1.29, 1.82) is 0 Å². The summed E-state index contributed by atoms with van der Waals surface area (Å²) in [5.74, 6) is 0.724. The molecule has 1 atom stereocenters. The van der Waals surface area contributed by atoms with Gasteiger partial charge in [0, 0.05) is 22.2 Å². The van der Waals surface area contributed by atoms with Crippen LogP contribution in [0, 0.1) is 16.7 Å². The second kappa shape index (κ2) is 6.90. The van der Waals surface area contributed by atoms with E-state index in [1.54, 1.807) is 11.3 Å². The molecule has 0 N–H and O–H groups in total. The van der Waals surface area contributed by atoms with Gasteiger partial charge in [-0.3, -0.25) is 4.48 Å². The van der Waals surface area contributed by atoms with Gasteiger partial charge in [0.1, 0.15) is 5.70 Å². The van der Waals surface area contributed by atoms with Gasteiger partial charge in [-0.15, -0.1) is 0 Å². The Hall–Kier alpha value is 0.430. The van der Waals surface area contributed by atoms with Crippen molar-refractivity contribution in [2.24, 2.45) is 16.7 Å². The zero-order valence-corrected chi connectivity index (χ0v) is 17.8. The SMILES string of the molecule is CC/C(=C(\CC)[N+](C)(C)CC(C)C(C)(C)C)C1(CI)CC1. The number of hydrogen-bond donors (Lipinski definition) is 0. The fourth-order valence-corrected chi connectivity index (χ4v) is 4.85. The van der Waals surface area contributed by atoms with Crippen molar-refractivity contribution in [3.8, 4) is 0 Å². The number of rotatable bonds is 7. The van der Waals surface area contributed by atoms with Crippen LogP contribution in [0.25, 0.3) is 0 Å². The highest BCUT2D eigenvalue weighted by Gasteiger charge is 2.47. The van der Waals surface area contributed by atoms with Crippen LogP contribution < -0.4 is 0 Å². The lowest BCUT2D eigenvalue weighted by Gasteiger charge is -2.40. The number of alkyl halides is 1. The summed E-state index contributed by atoms with van der Waals surface area (Å²) >= 11 is 2.61. The van der Waals surface area contributed by atoms with Gasteiger partial charge in [0.05, 0.1) is 20.6 Å². The van der Waals surface area contributed by atoms with Gasteiger partial charge in [0.15, 0.2) is 0 Å². The highest BCUT2D eigenvalue weighted by Crippen LogP contribution is 2.56. The summed E-state index contributed by atoms with van der Waals surface area (Å²) in [5.41, 5.74) is 4.44. The van der Waals surface area contributed by atoms with E-state index in [1.165, 1.54) is 36.7 Å². The van der Waals surface area contributed by atoms with Crippen LogP contribution in [0.2, 0.25) is 0 Å². The molecule has 21 heavy (non-hydrogen) atoms. The van der Waals surface area contributed by atoms with Crippen molar-refractivity contribution in [3.63, 3.8) is 0 Å². The third kappa shape index (κ3) is 4.46.